The molecule has 26 heavy (non-hydrogen) atoms. The Balaban J connectivity index is 0.000000487. The van der Waals surface area contributed by atoms with Crippen molar-refractivity contribution in [2.24, 2.45) is 0 Å². The van der Waals surface area contributed by atoms with Crippen LogP contribution in [0.1, 0.15) is 18.9 Å². The molecule has 0 amide bonds. The maximum atomic E-state index is 9.10. The number of hydrogen-bond donors (Lipinski definition) is 2. The van der Waals surface area contributed by atoms with Gasteiger partial charge in [0.1, 0.15) is 5.75 Å². The molecule has 146 valence electrons. The van der Waals surface area contributed by atoms with Crippen molar-refractivity contribution in [3.63, 3.8) is 0 Å². The molecule has 0 bridgehead atoms. The first kappa shape index (κ1) is 22.2. The summed E-state index contributed by atoms with van der Waals surface area (Å²) in [4.78, 5) is 23.2. The van der Waals surface area contributed by atoms with Crippen molar-refractivity contribution in [2.75, 3.05) is 45.9 Å². The lowest BCUT2D eigenvalue weighted by molar-refractivity contribution is -0.159. The minimum absolute atomic E-state index is 0.710. The van der Waals surface area contributed by atoms with Crippen LogP contribution in [0.3, 0.4) is 0 Å². The second-order valence-electron chi connectivity index (χ2n) is 6.02. The molecule has 1 fully saturated rings. The zero-order valence-corrected chi connectivity index (χ0v) is 16.0. The Morgan fingerprint density at radius 1 is 1.12 bits per heavy atom. The van der Waals surface area contributed by atoms with Gasteiger partial charge in [-0.2, -0.15) is 0 Å². The Morgan fingerprint density at radius 3 is 2.19 bits per heavy atom. The minimum atomic E-state index is -1.82. The number of carboxylic acid groups (broad SMARTS) is 2. The van der Waals surface area contributed by atoms with Gasteiger partial charge in [-0.25, -0.2) is 9.59 Å². The molecule has 0 spiro atoms. The summed E-state index contributed by atoms with van der Waals surface area (Å²) in [6, 6.07) is 5.93. The molecule has 1 aliphatic heterocycles. The Labute approximate surface area is 159 Å². The van der Waals surface area contributed by atoms with Crippen LogP contribution in [0, 0.1) is 6.92 Å². The van der Waals surface area contributed by atoms with Crippen molar-refractivity contribution in [1.82, 2.24) is 9.80 Å². The Bertz CT molecular complexity index is 577. The van der Waals surface area contributed by atoms with Crippen molar-refractivity contribution in [3.05, 3.63) is 28.8 Å². The van der Waals surface area contributed by atoms with Crippen LogP contribution in [0.2, 0.25) is 5.02 Å². The van der Waals surface area contributed by atoms with Gasteiger partial charge in [0, 0.05) is 32.7 Å². The zero-order valence-electron chi connectivity index (χ0n) is 15.3. The number of aliphatic carboxylic acids is 2. The topological polar surface area (TPSA) is 90.3 Å². The number of aryl methyl sites for hydroxylation is 1. The number of nitrogens with zero attached hydrogens (tertiary/aromatic N) is 2. The molecule has 7 nitrogen and oxygen atoms in total. The molecule has 0 aliphatic carbocycles. The predicted molar refractivity (Wildman–Crippen MR) is 100 cm³/mol. The maximum absolute atomic E-state index is 9.10. The third kappa shape index (κ3) is 8.51. The average Bonchev–Trinajstić information content (AvgIpc) is 2.61. The Kier molecular flexibility index (Phi) is 10.0. The fraction of sp³-hybridized carbons (Fsp3) is 0.556. The van der Waals surface area contributed by atoms with E-state index in [2.05, 4.69) is 16.7 Å². The molecular weight excluding hydrogens is 360 g/mol. The van der Waals surface area contributed by atoms with Crippen LogP contribution in [-0.4, -0.2) is 77.8 Å². The molecule has 0 radical (unpaired) electrons. The SMILES string of the molecule is CCN1CCN(CCCOc2ccc(C)cc2Cl)CC1.O=C(O)C(=O)O. The van der Waals surface area contributed by atoms with Gasteiger partial charge in [-0.05, 0) is 37.6 Å². The normalized spacial score (nSPS) is 15.0. The largest absolute Gasteiger partial charge is 0.492 e. The van der Waals surface area contributed by atoms with Gasteiger partial charge in [0.25, 0.3) is 0 Å². The predicted octanol–water partition coefficient (Wildman–Crippen LogP) is 2.21. The summed E-state index contributed by atoms with van der Waals surface area (Å²) in [6.07, 6.45) is 1.05. The summed E-state index contributed by atoms with van der Waals surface area (Å²) in [5.41, 5.74) is 1.16. The quantitative estimate of drug-likeness (QED) is 0.572. The monoisotopic (exact) mass is 386 g/mol. The van der Waals surface area contributed by atoms with Crippen LogP contribution >= 0.6 is 11.6 Å². The van der Waals surface area contributed by atoms with Crippen LogP contribution in [0.5, 0.6) is 5.75 Å². The standard InChI is InChI=1S/C16H25ClN2O.C2H2O4/c1-3-18-8-10-19(11-9-18)7-4-12-20-16-6-5-14(2)13-15(16)17;3-1(4)2(5)6/h5-6,13H,3-4,7-12H2,1-2H3;(H,3,4)(H,5,6). The molecule has 1 aliphatic rings. The lowest BCUT2D eigenvalue weighted by atomic mass is 10.2. The van der Waals surface area contributed by atoms with E-state index in [4.69, 9.17) is 36.1 Å². The number of rotatable bonds is 6. The Hall–Kier alpha value is -1.83. The first-order valence-electron chi connectivity index (χ1n) is 8.63. The summed E-state index contributed by atoms with van der Waals surface area (Å²) in [5, 5.41) is 15.5. The maximum Gasteiger partial charge on any atom is 0.414 e. The summed E-state index contributed by atoms with van der Waals surface area (Å²) in [7, 11) is 0. The van der Waals surface area contributed by atoms with Crippen molar-refractivity contribution in [1.29, 1.82) is 0 Å². The van der Waals surface area contributed by atoms with E-state index < -0.39 is 11.9 Å². The number of likely N-dealkylation sites (N-methyl/N-ethyl adjacent to an activating group) is 1. The lowest BCUT2D eigenvalue weighted by Gasteiger charge is -2.33. The van der Waals surface area contributed by atoms with Crippen molar-refractivity contribution in [3.8, 4) is 5.75 Å². The second kappa shape index (κ2) is 11.7. The fourth-order valence-electron chi connectivity index (χ4n) is 2.52. The number of carboxylic acids is 2. The third-order valence-corrected chi connectivity index (χ3v) is 4.35. The summed E-state index contributed by atoms with van der Waals surface area (Å²) in [5.74, 6) is -2.85. The van der Waals surface area contributed by atoms with Gasteiger partial charge < -0.3 is 24.7 Å². The number of halogens is 1. The first-order chi connectivity index (χ1) is 12.3. The van der Waals surface area contributed by atoms with Crippen LogP contribution in [0.15, 0.2) is 18.2 Å². The van der Waals surface area contributed by atoms with E-state index in [1.807, 2.05) is 25.1 Å². The van der Waals surface area contributed by atoms with Crippen molar-refractivity contribution in [2.45, 2.75) is 20.3 Å². The zero-order chi connectivity index (χ0) is 19.5. The van der Waals surface area contributed by atoms with E-state index in [0.29, 0.717) is 5.02 Å². The van der Waals surface area contributed by atoms with Gasteiger partial charge in [-0.3, -0.25) is 0 Å². The molecule has 1 saturated heterocycles. The van der Waals surface area contributed by atoms with Crippen LogP contribution in [0.25, 0.3) is 0 Å². The summed E-state index contributed by atoms with van der Waals surface area (Å²) >= 11 is 6.15. The molecule has 2 rings (SSSR count). The van der Waals surface area contributed by atoms with Crippen LogP contribution < -0.4 is 4.74 Å². The van der Waals surface area contributed by atoms with E-state index in [9.17, 15) is 0 Å². The minimum Gasteiger partial charge on any atom is -0.492 e. The smallest absolute Gasteiger partial charge is 0.414 e. The molecule has 1 aromatic carbocycles. The molecule has 8 heteroatoms. The molecular formula is C18H27ClN2O5. The van der Waals surface area contributed by atoms with E-state index in [0.717, 1.165) is 30.9 Å². The lowest BCUT2D eigenvalue weighted by Crippen LogP contribution is -2.46. The second-order valence-corrected chi connectivity index (χ2v) is 6.43. The fourth-order valence-corrected chi connectivity index (χ4v) is 2.81. The van der Waals surface area contributed by atoms with Gasteiger partial charge in [-0.15, -0.1) is 0 Å². The molecule has 2 N–H and O–H groups in total. The molecule has 0 atom stereocenters. The van der Waals surface area contributed by atoms with Gasteiger partial charge in [0.2, 0.25) is 0 Å². The molecule has 1 aromatic rings. The van der Waals surface area contributed by atoms with E-state index >= 15 is 0 Å². The molecule has 0 unspecified atom stereocenters. The van der Waals surface area contributed by atoms with Gasteiger partial charge in [0.05, 0.1) is 11.6 Å². The van der Waals surface area contributed by atoms with E-state index in [1.165, 1.54) is 32.7 Å². The Morgan fingerprint density at radius 2 is 1.69 bits per heavy atom. The highest BCUT2D eigenvalue weighted by Crippen LogP contribution is 2.25. The van der Waals surface area contributed by atoms with Gasteiger partial charge in [0.15, 0.2) is 0 Å². The first-order valence-corrected chi connectivity index (χ1v) is 9.01. The van der Waals surface area contributed by atoms with Gasteiger partial charge >= 0.3 is 11.9 Å². The number of piperazine rings is 1. The van der Waals surface area contributed by atoms with Crippen molar-refractivity contribution < 1.29 is 24.5 Å². The molecule has 0 aromatic heterocycles. The highest BCUT2D eigenvalue weighted by molar-refractivity contribution is 6.32. The number of ether oxygens (including phenoxy) is 1. The van der Waals surface area contributed by atoms with E-state index in [-0.39, 0.29) is 0 Å². The highest BCUT2D eigenvalue weighted by atomic mass is 35.5. The highest BCUT2D eigenvalue weighted by Gasteiger charge is 2.14. The van der Waals surface area contributed by atoms with Crippen LogP contribution in [-0.2, 0) is 9.59 Å². The number of carbonyl (C=O) groups is 2. The van der Waals surface area contributed by atoms with Crippen LogP contribution in [0.4, 0.5) is 0 Å². The number of hydrogen-bond acceptors (Lipinski definition) is 5. The van der Waals surface area contributed by atoms with E-state index in [1.54, 1.807) is 0 Å². The van der Waals surface area contributed by atoms with Gasteiger partial charge in [-0.1, -0.05) is 24.6 Å². The summed E-state index contributed by atoms with van der Waals surface area (Å²) in [6.45, 7) is 12.0. The van der Waals surface area contributed by atoms with Crippen molar-refractivity contribution >= 4 is 23.5 Å². The number of benzene rings is 1. The molecule has 0 saturated carbocycles. The summed E-state index contributed by atoms with van der Waals surface area (Å²) < 4.78 is 5.76. The third-order valence-electron chi connectivity index (χ3n) is 4.06. The average molecular weight is 387 g/mol. The molecule has 1 heterocycles.